The molecule has 0 spiro atoms. The van der Waals surface area contributed by atoms with Crippen LogP contribution >= 0.6 is 0 Å². The molecule has 4 aromatic rings. The lowest BCUT2D eigenvalue weighted by atomic mass is 10.0. The van der Waals surface area contributed by atoms with Gasteiger partial charge in [0.05, 0.1) is 25.5 Å². The van der Waals surface area contributed by atoms with Gasteiger partial charge in [-0.25, -0.2) is 18.8 Å². The monoisotopic (exact) mass is 632 g/mol. The van der Waals surface area contributed by atoms with E-state index in [-0.39, 0.29) is 34.1 Å². The molecule has 1 aliphatic heterocycles. The van der Waals surface area contributed by atoms with Gasteiger partial charge in [-0.15, -0.1) is 5.10 Å². The summed E-state index contributed by atoms with van der Waals surface area (Å²) in [5.41, 5.74) is 1.55. The molecule has 0 amide bonds. The molecule has 0 fully saturated rings. The summed E-state index contributed by atoms with van der Waals surface area (Å²) in [6.07, 6.45) is -5.08. The van der Waals surface area contributed by atoms with Gasteiger partial charge in [-0.05, 0) is 42.0 Å². The zero-order valence-electron chi connectivity index (χ0n) is 23.3. The molecule has 1 unspecified atom stereocenters. The molecule has 0 radical (unpaired) electrons. The molecule has 1 aliphatic rings. The molecule has 6 N–H and O–H groups in total. The Labute approximate surface area is 250 Å². The minimum atomic E-state index is -5.08. The van der Waals surface area contributed by atoms with E-state index in [0.717, 1.165) is 15.8 Å². The molecule has 45 heavy (non-hydrogen) atoms. The highest BCUT2D eigenvalue weighted by atomic mass is 19.4. The largest absolute Gasteiger partial charge is 0.493 e. The van der Waals surface area contributed by atoms with Gasteiger partial charge in [0.15, 0.2) is 17.3 Å². The fourth-order valence-corrected chi connectivity index (χ4v) is 4.38. The fourth-order valence-electron chi connectivity index (χ4n) is 4.38. The van der Waals surface area contributed by atoms with Crippen molar-refractivity contribution in [3.05, 3.63) is 99.0 Å². The van der Waals surface area contributed by atoms with Gasteiger partial charge in [0, 0.05) is 29.4 Å². The lowest BCUT2D eigenvalue weighted by Crippen LogP contribution is -2.21. The number of nitrogens with zero attached hydrogens (tertiary/aromatic N) is 2. The number of aromatic carboxylic acids is 1. The Balaban J connectivity index is 0.000000591. The maximum Gasteiger partial charge on any atom is 0.490 e. The number of aromatic nitrogens is 3. The minimum absolute atomic E-state index is 0.0349. The second kappa shape index (κ2) is 12.8. The van der Waals surface area contributed by atoms with Crippen molar-refractivity contribution in [1.29, 1.82) is 5.41 Å². The van der Waals surface area contributed by atoms with Crippen LogP contribution in [-0.2, 0) is 11.3 Å². The molecule has 13 nitrogen and oxygen atoms in total. The third kappa shape index (κ3) is 6.87. The first-order valence-electron chi connectivity index (χ1n) is 12.7. The van der Waals surface area contributed by atoms with Crippen LogP contribution in [0.1, 0.15) is 38.9 Å². The van der Waals surface area contributed by atoms with Crippen molar-refractivity contribution in [1.82, 2.24) is 20.1 Å². The molecule has 236 valence electrons. The first kappa shape index (κ1) is 32.1. The zero-order chi connectivity index (χ0) is 33.1. The van der Waals surface area contributed by atoms with Crippen molar-refractivity contribution < 1.29 is 46.8 Å². The number of aromatic amines is 1. The number of H-pyrrole nitrogens is 1. The lowest BCUT2D eigenvalue weighted by molar-refractivity contribution is -0.192. The van der Waals surface area contributed by atoms with Crippen molar-refractivity contribution in [2.75, 3.05) is 19.5 Å². The van der Waals surface area contributed by atoms with Crippen molar-refractivity contribution in [3.63, 3.8) is 0 Å². The summed E-state index contributed by atoms with van der Waals surface area (Å²) in [4.78, 5) is 36.2. The Kier molecular flexibility index (Phi) is 9.10. The first-order valence-corrected chi connectivity index (χ1v) is 12.7. The lowest BCUT2D eigenvalue weighted by Gasteiger charge is -2.21. The Morgan fingerprint density at radius 3 is 2.33 bits per heavy atom. The van der Waals surface area contributed by atoms with Crippen molar-refractivity contribution in [2.45, 2.75) is 18.8 Å². The van der Waals surface area contributed by atoms with E-state index in [0.29, 0.717) is 18.1 Å². The third-order valence-corrected chi connectivity index (χ3v) is 6.47. The fraction of sp³-hybridized carbons (Fsp3) is 0.179. The average molecular weight is 633 g/mol. The Morgan fingerprint density at radius 2 is 1.71 bits per heavy atom. The number of methoxy groups -OCH3 is 2. The number of hydrogen-bond donors (Lipinski definition) is 6. The summed E-state index contributed by atoms with van der Waals surface area (Å²) in [5.74, 6) is -3.83. The predicted octanol–water partition coefficient (Wildman–Crippen LogP) is 3.68. The summed E-state index contributed by atoms with van der Waals surface area (Å²) in [7, 11) is 2.81. The van der Waals surface area contributed by atoms with Gasteiger partial charge in [0.25, 0.3) is 0 Å². The van der Waals surface area contributed by atoms with Crippen molar-refractivity contribution in [3.8, 4) is 17.2 Å². The van der Waals surface area contributed by atoms with Crippen molar-refractivity contribution >= 4 is 23.5 Å². The standard InChI is InChI=1S/C26H23FN6O5.C2HF3O2/c1-37-20-10-17(18(27)11-21(20)38-2)22(30-14-7-8-15-13(9-14)12-29-23(15)28)24-31-26(36)33(32-24)19-6-4-3-5-16(19)25(34)35;3-2(4,5)1(6)7/h3-11,22,30H,12H2,1-2H3,(H2,28,29)(H,34,35)(H,31,32,36);(H,6,7). The van der Waals surface area contributed by atoms with Crippen LogP contribution in [0.25, 0.3) is 5.69 Å². The van der Waals surface area contributed by atoms with Gasteiger partial charge < -0.3 is 30.3 Å². The molecule has 0 aliphatic carbocycles. The number of carboxylic acids is 2. The number of amidine groups is 1. The molecule has 5 rings (SSSR count). The third-order valence-electron chi connectivity index (χ3n) is 6.47. The Hall–Kier alpha value is -5.87. The molecule has 1 aromatic heterocycles. The molecular formula is C28H24F4N6O7. The molecule has 17 heteroatoms. The smallest absolute Gasteiger partial charge is 0.490 e. The number of nitrogens with one attached hydrogen (secondary N) is 4. The molecule has 0 saturated carbocycles. The van der Waals surface area contributed by atoms with Gasteiger partial charge in [0.2, 0.25) is 0 Å². The normalized spacial score (nSPS) is 12.7. The number of alkyl halides is 3. The van der Waals surface area contributed by atoms with Crippen molar-refractivity contribution in [2.24, 2.45) is 0 Å². The van der Waals surface area contributed by atoms with Gasteiger partial charge >= 0.3 is 23.8 Å². The maximum atomic E-state index is 15.4. The van der Waals surface area contributed by atoms with E-state index in [1.165, 1.54) is 44.6 Å². The predicted molar refractivity (Wildman–Crippen MR) is 150 cm³/mol. The highest BCUT2D eigenvalue weighted by molar-refractivity contribution is 6.00. The number of aliphatic carboxylic acids is 1. The number of carbonyl (C=O) groups is 2. The van der Waals surface area contributed by atoms with Crippen LogP contribution < -0.4 is 25.8 Å². The first-order chi connectivity index (χ1) is 21.2. The zero-order valence-corrected chi connectivity index (χ0v) is 23.3. The Morgan fingerprint density at radius 1 is 1.07 bits per heavy atom. The van der Waals surface area contributed by atoms with Gasteiger partial charge in [-0.1, -0.05) is 12.1 Å². The number of hydrogen-bond acceptors (Lipinski definition) is 8. The van der Waals surface area contributed by atoms with Crippen LogP contribution in [0.3, 0.4) is 0 Å². The molecule has 0 bridgehead atoms. The van der Waals surface area contributed by atoms with Crippen LogP contribution in [0.4, 0.5) is 23.2 Å². The summed E-state index contributed by atoms with van der Waals surface area (Å²) < 4.78 is 58.7. The van der Waals surface area contributed by atoms with Crippen LogP contribution in [0.5, 0.6) is 11.5 Å². The number of benzene rings is 3. The Bertz CT molecular complexity index is 1840. The number of anilines is 1. The quantitative estimate of drug-likeness (QED) is 0.156. The molecular weight excluding hydrogens is 608 g/mol. The van der Waals surface area contributed by atoms with Gasteiger partial charge in [0.1, 0.15) is 17.7 Å². The maximum absolute atomic E-state index is 15.4. The van der Waals surface area contributed by atoms with Crippen LogP contribution in [0.2, 0.25) is 0 Å². The van der Waals surface area contributed by atoms with E-state index in [1.54, 1.807) is 18.2 Å². The molecule has 1 atom stereocenters. The second-order valence-electron chi connectivity index (χ2n) is 9.26. The number of rotatable bonds is 8. The van der Waals surface area contributed by atoms with E-state index in [4.69, 9.17) is 24.8 Å². The summed E-state index contributed by atoms with van der Waals surface area (Å²) in [6, 6.07) is 12.9. The minimum Gasteiger partial charge on any atom is -0.493 e. The van der Waals surface area contributed by atoms with E-state index in [9.17, 15) is 27.9 Å². The summed E-state index contributed by atoms with van der Waals surface area (Å²) in [5, 5.41) is 35.2. The molecule has 3 aromatic carbocycles. The number of halogens is 4. The van der Waals surface area contributed by atoms with Crippen LogP contribution in [0.15, 0.2) is 59.4 Å². The van der Waals surface area contributed by atoms with Gasteiger partial charge in [-0.3, -0.25) is 10.4 Å². The SMILES string of the molecule is COc1cc(F)c(C(Nc2ccc3c(c2)CNC3=N)c2nn(-c3ccccc3C(=O)O)c(=O)[nH]2)cc1OC.O=C(O)C(F)(F)F. The summed E-state index contributed by atoms with van der Waals surface area (Å²) >= 11 is 0. The number of fused-ring (bicyclic) bond motifs is 1. The average Bonchev–Trinajstić information content (AvgIpc) is 3.57. The highest BCUT2D eigenvalue weighted by Crippen LogP contribution is 2.36. The highest BCUT2D eigenvalue weighted by Gasteiger charge is 2.38. The van der Waals surface area contributed by atoms with Crippen LogP contribution in [0, 0.1) is 11.2 Å². The number of carboxylic acid groups (broad SMARTS) is 2. The van der Waals surface area contributed by atoms with E-state index in [1.807, 2.05) is 6.07 Å². The molecule has 2 heterocycles. The van der Waals surface area contributed by atoms with E-state index in [2.05, 4.69) is 20.7 Å². The topological polar surface area (TPSA) is 192 Å². The summed E-state index contributed by atoms with van der Waals surface area (Å²) in [6.45, 7) is 0.469. The number of para-hydroxylation sites is 1. The van der Waals surface area contributed by atoms with Gasteiger partial charge in [-0.2, -0.15) is 17.9 Å². The van der Waals surface area contributed by atoms with Crippen LogP contribution in [-0.4, -0.2) is 63.1 Å². The number of ether oxygens (including phenoxy) is 2. The molecule has 0 saturated heterocycles. The second-order valence-corrected chi connectivity index (χ2v) is 9.26. The van der Waals surface area contributed by atoms with E-state index >= 15 is 4.39 Å². The van der Waals surface area contributed by atoms with E-state index < -0.39 is 35.7 Å².